The molecule has 1 aromatic carbocycles. The maximum atomic E-state index is 12.8. The molecule has 3 aliphatic rings. The predicted octanol–water partition coefficient (Wildman–Crippen LogP) is 2.84. The Kier molecular flexibility index (Phi) is 7.37. The minimum Gasteiger partial charge on any atom is -0.503 e. The highest BCUT2D eigenvalue weighted by atomic mass is 35.5. The van der Waals surface area contributed by atoms with Crippen molar-refractivity contribution in [2.45, 2.75) is 38.5 Å². The smallest absolute Gasteiger partial charge is 0.250 e. The SMILES string of the molecule is Cn1c(CN2C[C@@H]3C[C@@H](C2)c2cccc(=O)n2C3)cc(=O)c(O)c1CN1CCN(Cc2cccc(Cl)c2)CC1. The minimum atomic E-state index is -0.313. The lowest BCUT2D eigenvalue weighted by Crippen LogP contribution is -2.47. The van der Waals surface area contributed by atoms with Crippen LogP contribution < -0.4 is 11.0 Å². The first-order chi connectivity index (χ1) is 18.8. The maximum Gasteiger partial charge on any atom is 0.250 e. The summed E-state index contributed by atoms with van der Waals surface area (Å²) in [7, 11) is 1.96. The highest BCUT2D eigenvalue weighted by molar-refractivity contribution is 6.30. The fourth-order valence-corrected chi connectivity index (χ4v) is 6.90. The van der Waals surface area contributed by atoms with Gasteiger partial charge in [-0.25, -0.2) is 0 Å². The molecule has 9 heteroatoms. The normalized spacial score (nSPS) is 22.1. The van der Waals surface area contributed by atoms with E-state index < -0.39 is 0 Å². The van der Waals surface area contributed by atoms with E-state index in [9.17, 15) is 14.7 Å². The number of aromatic hydroxyl groups is 1. The first-order valence-electron chi connectivity index (χ1n) is 13.9. The van der Waals surface area contributed by atoms with Crippen molar-refractivity contribution < 1.29 is 5.11 Å². The number of piperazine rings is 1. The van der Waals surface area contributed by atoms with Crippen LogP contribution in [0.25, 0.3) is 0 Å². The van der Waals surface area contributed by atoms with Crippen molar-refractivity contribution in [2.24, 2.45) is 13.0 Å². The van der Waals surface area contributed by atoms with E-state index in [4.69, 9.17) is 11.6 Å². The van der Waals surface area contributed by atoms with Crippen LogP contribution >= 0.6 is 11.6 Å². The number of likely N-dealkylation sites (tertiary alicyclic amines) is 1. The molecular formula is C30H36ClN5O3. The van der Waals surface area contributed by atoms with Crippen LogP contribution in [0.3, 0.4) is 0 Å². The summed E-state index contributed by atoms with van der Waals surface area (Å²) in [5, 5.41) is 11.5. The van der Waals surface area contributed by atoms with Gasteiger partial charge >= 0.3 is 0 Å². The number of rotatable bonds is 6. The molecule has 3 aromatic rings. The monoisotopic (exact) mass is 549 g/mol. The highest BCUT2D eigenvalue weighted by Gasteiger charge is 2.34. The summed E-state index contributed by atoms with van der Waals surface area (Å²) in [5.74, 6) is 0.600. The number of fused-ring (bicyclic) bond motifs is 4. The van der Waals surface area contributed by atoms with Gasteiger partial charge in [0.1, 0.15) is 0 Å². The molecule has 5 heterocycles. The zero-order chi connectivity index (χ0) is 27.1. The molecule has 0 amide bonds. The number of nitrogens with zero attached hydrogens (tertiary/aromatic N) is 5. The van der Waals surface area contributed by atoms with Crippen molar-refractivity contribution in [3.05, 3.63) is 96.8 Å². The zero-order valence-corrected chi connectivity index (χ0v) is 23.2. The molecule has 2 aromatic heterocycles. The summed E-state index contributed by atoms with van der Waals surface area (Å²) in [5.41, 5.74) is 3.70. The van der Waals surface area contributed by atoms with E-state index in [2.05, 4.69) is 26.8 Å². The maximum absolute atomic E-state index is 12.8. The molecular weight excluding hydrogens is 514 g/mol. The van der Waals surface area contributed by atoms with Crippen LogP contribution in [0.5, 0.6) is 5.75 Å². The summed E-state index contributed by atoms with van der Waals surface area (Å²) in [6, 6.07) is 15.2. The van der Waals surface area contributed by atoms with E-state index in [0.29, 0.717) is 30.6 Å². The Labute approximate surface area is 233 Å². The van der Waals surface area contributed by atoms with Crippen LogP contribution in [0.2, 0.25) is 5.02 Å². The molecule has 1 N–H and O–H groups in total. The van der Waals surface area contributed by atoms with E-state index >= 15 is 0 Å². The molecule has 8 nitrogen and oxygen atoms in total. The molecule has 6 rings (SSSR count). The van der Waals surface area contributed by atoms with Crippen molar-refractivity contribution >= 4 is 11.6 Å². The molecule has 3 aliphatic heterocycles. The number of piperidine rings is 1. The molecule has 206 valence electrons. The van der Waals surface area contributed by atoms with Gasteiger partial charge in [-0.2, -0.15) is 0 Å². The molecule has 2 fully saturated rings. The van der Waals surface area contributed by atoms with Gasteiger partial charge in [0.25, 0.3) is 5.56 Å². The molecule has 0 unspecified atom stereocenters. The van der Waals surface area contributed by atoms with Crippen LogP contribution in [0.1, 0.15) is 35.0 Å². The molecule has 39 heavy (non-hydrogen) atoms. The summed E-state index contributed by atoms with van der Waals surface area (Å²) < 4.78 is 3.96. The Hall–Kier alpha value is -2.91. The number of hydrogen-bond acceptors (Lipinski definition) is 6. The van der Waals surface area contributed by atoms with Crippen LogP contribution in [0.4, 0.5) is 0 Å². The molecule has 2 bridgehead atoms. The van der Waals surface area contributed by atoms with E-state index in [1.807, 2.05) is 40.4 Å². The second-order valence-electron chi connectivity index (χ2n) is 11.4. The highest BCUT2D eigenvalue weighted by Crippen LogP contribution is 2.35. The number of aromatic nitrogens is 2. The quantitative estimate of drug-likeness (QED) is 0.510. The number of benzene rings is 1. The first-order valence-corrected chi connectivity index (χ1v) is 14.2. The fourth-order valence-electron chi connectivity index (χ4n) is 6.69. The van der Waals surface area contributed by atoms with Gasteiger partial charge in [-0.3, -0.25) is 24.3 Å². The summed E-state index contributed by atoms with van der Waals surface area (Å²) in [6.45, 7) is 8.14. The Morgan fingerprint density at radius 2 is 1.62 bits per heavy atom. The van der Waals surface area contributed by atoms with Crippen molar-refractivity contribution in [1.82, 2.24) is 23.8 Å². The Bertz CT molecular complexity index is 1480. The van der Waals surface area contributed by atoms with Crippen molar-refractivity contribution in [2.75, 3.05) is 39.3 Å². The summed E-state index contributed by atoms with van der Waals surface area (Å²) in [4.78, 5) is 32.3. The minimum absolute atomic E-state index is 0.0894. The number of halogens is 1. The largest absolute Gasteiger partial charge is 0.503 e. The van der Waals surface area contributed by atoms with E-state index in [1.165, 1.54) is 5.56 Å². The molecule has 0 spiro atoms. The topological polar surface area (TPSA) is 73.9 Å². The van der Waals surface area contributed by atoms with E-state index in [1.54, 1.807) is 12.1 Å². The Balaban J connectivity index is 1.13. The number of pyridine rings is 2. The summed E-state index contributed by atoms with van der Waals surface area (Å²) in [6.07, 6.45) is 1.10. The fraction of sp³-hybridized carbons (Fsp3) is 0.467. The van der Waals surface area contributed by atoms with Crippen molar-refractivity contribution in [3.8, 4) is 5.75 Å². The van der Waals surface area contributed by atoms with E-state index in [-0.39, 0.29) is 16.7 Å². The molecule has 2 saturated heterocycles. The Morgan fingerprint density at radius 3 is 2.38 bits per heavy atom. The van der Waals surface area contributed by atoms with Crippen molar-refractivity contribution in [3.63, 3.8) is 0 Å². The van der Waals surface area contributed by atoms with Gasteiger partial charge in [-0.1, -0.05) is 29.8 Å². The van der Waals surface area contributed by atoms with Crippen LogP contribution in [0.15, 0.2) is 58.1 Å². The molecule has 0 aliphatic carbocycles. The average Bonchev–Trinajstić information content (AvgIpc) is 2.91. The molecule has 0 saturated carbocycles. The lowest BCUT2D eigenvalue weighted by atomic mass is 9.83. The third kappa shape index (κ3) is 5.57. The third-order valence-electron chi connectivity index (χ3n) is 8.71. The van der Waals surface area contributed by atoms with Crippen LogP contribution in [-0.4, -0.2) is 68.2 Å². The Morgan fingerprint density at radius 1 is 0.872 bits per heavy atom. The predicted molar refractivity (Wildman–Crippen MR) is 152 cm³/mol. The number of hydrogen-bond donors (Lipinski definition) is 1. The zero-order valence-electron chi connectivity index (χ0n) is 22.4. The van der Waals surface area contributed by atoms with E-state index in [0.717, 1.165) is 75.2 Å². The molecule has 2 atom stereocenters. The van der Waals surface area contributed by atoms with Gasteiger partial charge in [0, 0.05) is 107 Å². The first kappa shape index (κ1) is 26.3. The van der Waals surface area contributed by atoms with Gasteiger partial charge in [-0.15, -0.1) is 0 Å². The lowest BCUT2D eigenvalue weighted by molar-refractivity contribution is 0.110. The van der Waals surface area contributed by atoms with Gasteiger partial charge in [-0.05, 0) is 36.1 Å². The average molecular weight is 550 g/mol. The van der Waals surface area contributed by atoms with Gasteiger partial charge in [0.05, 0.1) is 5.69 Å². The third-order valence-corrected chi connectivity index (χ3v) is 8.95. The van der Waals surface area contributed by atoms with Crippen molar-refractivity contribution in [1.29, 1.82) is 0 Å². The van der Waals surface area contributed by atoms with Gasteiger partial charge in [0.2, 0.25) is 5.43 Å². The van der Waals surface area contributed by atoms with Crippen LogP contribution in [-0.2, 0) is 33.2 Å². The summed E-state index contributed by atoms with van der Waals surface area (Å²) >= 11 is 6.15. The second kappa shape index (κ2) is 10.9. The van der Waals surface area contributed by atoms with Crippen LogP contribution in [0, 0.1) is 5.92 Å². The standard InChI is InChI=1S/C30H36ClN5O3/c1-32-25(19-35-16-22-12-23(18-35)26-6-3-7-29(38)36(26)17-22)14-28(37)30(39)27(32)20-34-10-8-33(9-11-34)15-21-4-2-5-24(31)13-21/h2-7,13-14,22-23,39H,8-12,15-20H2,1H3/t22-,23-/m0/s1. The second-order valence-corrected chi connectivity index (χ2v) is 11.9. The van der Waals surface area contributed by atoms with Gasteiger partial charge < -0.3 is 14.2 Å². The molecule has 0 radical (unpaired) electrons. The lowest BCUT2D eigenvalue weighted by Gasteiger charge is -2.43. The van der Waals surface area contributed by atoms with Gasteiger partial charge in [0.15, 0.2) is 5.75 Å².